The monoisotopic (exact) mass is 296 g/mol. The topological polar surface area (TPSA) is 64.4 Å². The summed E-state index contributed by atoms with van der Waals surface area (Å²) in [7, 11) is 0. The number of carbonyl (C=O) groups excluding carboxylic acids is 1. The molecule has 0 aliphatic carbocycles. The summed E-state index contributed by atoms with van der Waals surface area (Å²) in [5.41, 5.74) is 5.82. The minimum atomic E-state index is -0.503. The van der Waals surface area contributed by atoms with E-state index < -0.39 is 6.04 Å². The summed E-state index contributed by atoms with van der Waals surface area (Å²) in [5.74, 6) is 0.314. The van der Waals surface area contributed by atoms with E-state index in [0.29, 0.717) is 31.1 Å². The maximum Gasteiger partial charge on any atom is 0.237 e. The van der Waals surface area contributed by atoms with Crippen LogP contribution in [-0.4, -0.2) is 24.6 Å². The van der Waals surface area contributed by atoms with Crippen molar-refractivity contribution in [1.29, 1.82) is 0 Å². The molecular formula is C16H25FN2O2. The summed E-state index contributed by atoms with van der Waals surface area (Å²) in [6.45, 7) is 6.35. The molecule has 1 unspecified atom stereocenters. The fraction of sp³-hybridized carbons (Fsp3) is 0.562. The smallest absolute Gasteiger partial charge is 0.237 e. The number of nitrogens with two attached hydrogens (primary N) is 1. The first-order valence-electron chi connectivity index (χ1n) is 7.37. The lowest BCUT2D eigenvalue weighted by Gasteiger charge is -2.20. The van der Waals surface area contributed by atoms with Gasteiger partial charge in [-0.2, -0.15) is 0 Å². The molecule has 0 radical (unpaired) electrons. The van der Waals surface area contributed by atoms with Gasteiger partial charge in [0.2, 0.25) is 5.91 Å². The minimum absolute atomic E-state index is 0.176. The third-order valence-corrected chi connectivity index (χ3v) is 3.12. The average Bonchev–Trinajstić information content (AvgIpc) is 2.42. The predicted molar refractivity (Wildman–Crippen MR) is 81.5 cm³/mol. The SMILES string of the molecule is CCC(CNC(=O)[C@@H](N)CC(C)C)Oc1cccc(F)c1. The van der Waals surface area contributed by atoms with Crippen molar-refractivity contribution < 1.29 is 13.9 Å². The van der Waals surface area contributed by atoms with Gasteiger partial charge in [0.05, 0.1) is 12.6 Å². The normalized spacial score (nSPS) is 13.8. The van der Waals surface area contributed by atoms with Crippen molar-refractivity contribution in [2.24, 2.45) is 11.7 Å². The van der Waals surface area contributed by atoms with Crippen LogP contribution in [0.1, 0.15) is 33.6 Å². The van der Waals surface area contributed by atoms with E-state index in [9.17, 15) is 9.18 Å². The molecular weight excluding hydrogens is 271 g/mol. The van der Waals surface area contributed by atoms with Gasteiger partial charge in [0.15, 0.2) is 0 Å². The maximum atomic E-state index is 13.1. The zero-order valence-electron chi connectivity index (χ0n) is 12.9. The van der Waals surface area contributed by atoms with E-state index in [1.807, 2.05) is 20.8 Å². The highest BCUT2D eigenvalue weighted by molar-refractivity contribution is 5.81. The van der Waals surface area contributed by atoms with Crippen LogP contribution in [0, 0.1) is 11.7 Å². The summed E-state index contributed by atoms with van der Waals surface area (Å²) in [5, 5.41) is 2.79. The van der Waals surface area contributed by atoms with Crippen LogP contribution in [0.2, 0.25) is 0 Å². The molecule has 118 valence electrons. The van der Waals surface area contributed by atoms with Crippen LogP contribution in [0.15, 0.2) is 24.3 Å². The summed E-state index contributed by atoms with van der Waals surface area (Å²) in [4.78, 5) is 11.9. The Labute approximate surface area is 125 Å². The van der Waals surface area contributed by atoms with Gasteiger partial charge in [-0.25, -0.2) is 4.39 Å². The third-order valence-electron chi connectivity index (χ3n) is 3.12. The largest absolute Gasteiger partial charge is 0.489 e. The zero-order chi connectivity index (χ0) is 15.8. The fourth-order valence-corrected chi connectivity index (χ4v) is 1.96. The Bertz CT molecular complexity index is 452. The van der Waals surface area contributed by atoms with Crippen LogP contribution in [0.3, 0.4) is 0 Å². The van der Waals surface area contributed by atoms with Crippen LogP contribution in [0.25, 0.3) is 0 Å². The molecule has 21 heavy (non-hydrogen) atoms. The highest BCUT2D eigenvalue weighted by Gasteiger charge is 2.17. The second-order valence-corrected chi connectivity index (χ2v) is 5.59. The Hall–Kier alpha value is -1.62. The van der Waals surface area contributed by atoms with Gasteiger partial charge in [-0.15, -0.1) is 0 Å². The van der Waals surface area contributed by atoms with Gasteiger partial charge in [0.1, 0.15) is 17.7 Å². The van der Waals surface area contributed by atoms with Gasteiger partial charge in [-0.05, 0) is 30.9 Å². The van der Waals surface area contributed by atoms with Gasteiger partial charge < -0.3 is 15.8 Å². The molecule has 1 amide bonds. The number of benzene rings is 1. The molecule has 1 aromatic rings. The van der Waals surface area contributed by atoms with Crippen molar-refractivity contribution in [3.63, 3.8) is 0 Å². The first kappa shape index (κ1) is 17.4. The molecule has 5 heteroatoms. The van der Waals surface area contributed by atoms with Crippen molar-refractivity contribution >= 4 is 5.91 Å². The molecule has 0 spiro atoms. The molecule has 0 saturated carbocycles. The van der Waals surface area contributed by atoms with Crippen molar-refractivity contribution in [3.8, 4) is 5.75 Å². The maximum absolute atomic E-state index is 13.1. The Morgan fingerprint density at radius 2 is 2.14 bits per heavy atom. The lowest BCUT2D eigenvalue weighted by Crippen LogP contribution is -2.44. The van der Waals surface area contributed by atoms with Gasteiger partial charge in [-0.3, -0.25) is 4.79 Å². The van der Waals surface area contributed by atoms with E-state index in [2.05, 4.69) is 5.32 Å². The number of ether oxygens (including phenoxy) is 1. The molecule has 1 rings (SSSR count). The number of amides is 1. The number of halogens is 1. The van der Waals surface area contributed by atoms with E-state index >= 15 is 0 Å². The number of carbonyl (C=O) groups is 1. The van der Waals surface area contributed by atoms with Gasteiger partial charge in [-0.1, -0.05) is 26.8 Å². The highest BCUT2D eigenvalue weighted by atomic mass is 19.1. The molecule has 0 fully saturated rings. The Morgan fingerprint density at radius 3 is 2.71 bits per heavy atom. The van der Waals surface area contributed by atoms with E-state index in [-0.39, 0.29) is 17.8 Å². The van der Waals surface area contributed by atoms with Gasteiger partial charge in [0, 0.05) is 6.07 Å². The van der Waals surface area contributed by atoms with Gasteiger partial charge >= 0.3 is 0 Å². The number of rotatable bonds is 8. The Morgan fingerprint density at radius 1 is 1.43 bits per heavy atom. The van der Waals surface area contributed by atoms with Crippen LogP contribution < -0.4 is 15.8 Å². The molecule has 0 heterocycles. The second kappa shape index (κ2) is 8.62. The van der Waals surface area contributed by atoms with Crippen molar-refractivity contribution in [2.45, 2.75) is 45.8 Å². The summed E-state index contributed by atoms with van der Waals surface area (Å²) in [6, 6.07) is 5.47. The highest BCUT2D eigenvalue weighted by Crippen LogP contribution is 2.14. The number of hydrogen-bond donors (Lipinski definition) is 2. The molecule has 0 saturated heterocycles. The van der Waals surface area contributed by atoms with Crippen molar-refractivity contribution in [1.82, 2.24) is 5.32 Å². The average molecular weight is 296 g/mol. The van der Waals surface area contributed by atoms with Crippen LogP contribution in [0.4, 0.5) is 4.39 Å². The lowest BCUT2D eigenvalue weighted by molar-refractivity contribution is -0.123. The van der Waals surface area contributed by atoms with E-state index in [1.54, 1.807) is 12.1 Å². The summed E-state index contributed by atoms with van der Waals surface area (Å²) in [6.07, 6.45) is 1.14. The summed E-state index contributed by atoms with van der Waals surface area (Å²) < 4.78 is 18.8. The van der Waals surface area contributed by atoms with Crippen LogP contribution in [-0.2, 0) is 4.79 Å². The fourth-order valence-electron chi connectivity index (χ4n) is 1.96. The predicted octanol–water partition coefficient (Wildman–Crippen LogP) is 2.47. The lowest BCUT2D eigenvalue weighted by atomic mass is 10.0. The minimum Gasteiger partial charge on any atom is -0.489 e. The first-order chi connectivity index (χ1) is 9.92. The molecule has 3 N–H and O–H groups in total. The van der Waals surface area contributed by atoms with Gasteiger partial charge in [0.25, 0.3) is 0 Å². The molecule has 4 nitrogen and oxygen atoms in total. The first-order valence-corrected chi connectivity index (χ1v) is 7.37. The molecule has 0 aliphatic heterocycles. The Balaban J connectivity index is 2.45. The zero-order valence-corrected chi connectivity index (χ0v) is 12.9. The van der Waals surface area contributed by atoms with Crippen molar-refractivity contribution in [3.05, 3.63) is 30.1 Å². The quantitative estimate of drug-likeness (QED) is 0.774. The second-order valence-electron chi connectivity index (χ2n) is 5.59. The molecule has 1 aromatic carbocycles. The molecule has 2 atom stereocenters. The number of nitrogens with one attached hydrogen (secondary N) is 1. The Kier molecular flexibility index (Phi) is 7.15. The number of hydrogen-bond acceptors (Lipinski definition) is 3. The van der Waals surface area contributed by atoms with Crippen LogP contribution >= 0.6 is 0 Å². The van der Waals surface area contributed by atoms with E-state index in [0.717, 1.165) is 0 Å². The standard InChI is InChI=1S/C16H25FN2O2/c1-4-13(21-14-7-5-6-12(17)9-14)10-19-16(20)15(18)8-11(2)3/h5-7,9,11,13,15H,4,8,10,18H2,1-3H3,(H,19,20)/t13?,15-/m0/s1. The molecule has 0 aliphatic rings. The van der Waals surface area contributed by atoms with Crippen molar-refractivity contribution in [2.75, 3.05) is 6.54 Å². The van der Waals surface area contributed by atoms with E-state index in [4.69, 9.17) is 10.5 Å². The summed E-state index contributed by atoms with van der Waals surface area (Å²) >= 11 is 0. The third kappa shape index (κ3) is 6.58. The molecule has 0 aromatic heterocycles. The van der Waals surface area contributed by atoms with E-state index in [1.165, 1.54) is 12.1 Å². The molecule has 0 bridgehead atoms. The van der Waals surface area contributed by atoms with Crippen LogP contribution in [0.5, 0.6) is 5.75 Å².